The van der Waals surface area contributed by atoms with Crippen LogP contribution in [-0.4, -0.2) is 89.4 Å². The van der Waals surface area contributed by atoms with Crippen LogP contribution in [0.4, 0.5) is 4.79 Å². The third-order valence-corrected chi connectivity index (χ3v) is 12.5. The molecule has 1 saturated carbocycles. The van der Waals surface area contributed by atoms with Gasteiger partial charge in [0.05, 0.1) is 10.9 Å². The molecule has 3 heterocycles. The number of sulfonamides is 1. The molecule has 0 aromatic carbocycles. The number of fused-ring (bicyclic) bond motifs is 2. The summed E-state index contributed by atoms with van der Waals surface area (Å²) in [6, 6.07) is -2.21. The lowest BCUT2D eigenvalue weighted by Crippen LogP contribution is -2.58. The third-order valence-electron chi connectivity index (χ3n) is 8.78. The summed E-state index contributed by atoms with van der Waals surface area (Å²) in [5.74, 6) is -2.76. The van der Waals surface area contributed by atoms with Gasteiger partial charge in [0.25, 0.3) is 12.4 Å². The largest absolute Gasteiger partial charge is 0.463 e. The number of carbonyl (C=O) groups excluding carboxylic acids is 5. The van der Waals surface area contributed by atoms with Crippen LogP contribution in [0.1, 0.15) is 72.1 Å². The number of thioether (sulfide) groups is 1. The highest BCUT2D eigenvalue weighted by Gasteiger charge is 2.62. The van der Waals surface area contributed by atoms with Gasteiger partial charge in [-0.1, -0.05) is 55.3 Å². The number of nitrogens with one attached hydrogen (secondary N) is 3. The summed E-state index contributed by atoms with van der Waals surface area (Å²) in [7, 11) is -4.33. The number of ether oxygens (including phenoxy) is 2. The molecule has 0 aromatic rings. The second-order valence-electron chi connectivity index (χ2n) is 12.5. The van der Waals surface area contributed by atoms with Gasteiger partial charge in [-0.15, -0.1) is 11.6 Å². The molecule has 256 valence electrons. The summed E-state index contributed by atoms with van der Waals surface area (Å²) in [5.41, 5.74) is -2.39. The Morgan fingerprint density at radius 2 is 2.00 bits per heavy atom. The van der Waals surface area contributed by atoms with E-state index in [9.17, 15) is 32.4 Å². The lowest BCUT2D eigenvalue weighted by atomic mass is 10.0. The molecule has 13 nitrogen and oxygen atoms in total. The maximum atomic E-state index is 14.0. The van der Waals surface area contributed by atoms with E-state index in [1.165, 1.54) is 11.0 Å². The van der Waals surface area contributed by atoms with Crippen LogP contribution in [0.3, 0.4) is 0 Å². The summed E-state index contributed by atoms with van der Waals surface area (Å²) in [4.78, 5) is 66.7. The monoisotopic (exact) mass is 722 g/mol. The van der Waals surface area contributed by atoms with Crippen LogP contribution in [0.25, 0.3) is 0 Å². The van der Waals surface area contributed by atoms with Gasteiger partial charge in [-0.25, -0.2) is 13.2 Å². The number of alkyl carbamates (subject to hydrolysis) is 1. The van der Waals surface area contributed by atoms with Crippen LogP contribution in [0.2, 0.25) is 0 Å². The van der Waals surface area contributed by atoms with Crippen molar-refractivity contribution in [2.24, 2.45) is 5.92 Å². The number of allylic oxidation sites excluding steroid dienone is 1. The summed E-state index contributed by atoms with van der Waals surface area (Å²) in [5, 5.41) is 4.11. The van der Waals surface area contributed by atoms with E-state index in [-0.39, 0.29) is 36.6 Å². The van der Waals surface area contributed by atoms with Gasteiger partial charge in [0, 0.05) is 12.3 Å². The van der Waals surface area contributed by atoms with Gasteiger partial charge in [-0.05, 0) is 52.0 Å². The number of alkyl halides is 1. The molecule has 17 heteroatoms. The first-order valence-electron chi connectivity index (χ1n) is 15.2. The minimum atomic E-state index is -4.33. The van der Waals surface area contributed by atoms with Gasteiger partial charge >= 0.3 is 6.09 Å². The van der Waals surface area contributed by atoms with E-state index in [1.807, 2.05) is 13.0 Å². The van der Waals surface area contributed by atoms with Gasteiger partial charge in [0.15, 0.2) is 0 Å². The fourth-order valence-corrected chi connectivity index (χ4v) is 9.61. The molecule has 2 fully saturated rings. The predicted molar refractivity (Wildman–Crippen MR) is 172 cm³/mol. The molecule has 7 atom stereocenters. The zero-order chi connectivity index (χ0) is 33.9. The normalized spacial score (nSPS) is 32.8. The highest BCUT2D eigenvalue weighted by Crippen LogP contribution is 2.46. The van der Waals surface area contributed by atoms with Crippen molar-refractivity contribution < 1.29 is 41.9 Å². The van der Waals surface area contributed by atoms with E-state index >= 15 is 0 Å². The number of amides is 4. The van der Waals surface area contributed by atoms with Crippen LogP contribution in [0, 0.1) is 5.92 Å². The van der Waals surface area contributed by atoms with Crippen molar-refractivity contribution >= 4 is 75.3 Å². The molecule has 4 amide bonds. The van der Waals surface area contributed by atoms with Gasteiger partial charge in [-0.3, -0.25) is 23.9 Å². The Labute approximate surface area is 282 Å². The lowest BCUT2D eigenvalue weighted by molar-refractivity contribution is -0.141. The first kappa shape index (κ1) is 36.3. The van der Waals surface area contributed by atoms with Crippen molar-refractivity contribution in [3.8, 4) is 0 Å². The molecule has 0 bridgehead atoms. The van der Waals surface area contributed by atoms with Crippen LogP contribution < -0.4 is 15.4 Å². The van der Waals surface area contributed by atoms with E-state index in [1.54, 1.807) is 19.9 Å². The molecule has 2 unspecified atom stereocenters. The smallest absolute Gasteiger partial charge is 0.408 e. The molecule has 1 saturated heterocycles. The minimum Gasteiger partial charge on any atom is -0.463 e. The summed E-state index contributed by atoms with van der Waals surface area (Å²) in [6.07, 6.45) is 6.91. The fraction of sp³-hybridized carbons (Fsp3) is 0.690. The lowest BCUT2D eigenvalue weighted by Gasteiger charge is -2.30. The van der Waals surface area contributed by atoms with Crippen molar-refractivity contribution in [1.29, 1.82) is 0 Å². The van der Waals surface area contributed by atoms with Crippen molar-refractivity contribution in [2.45, 2.75) is 111 Å². The summed E-state index contributed by atoms with van der Waals surface area (Å²) in [6.45, 7) is 5.46. The van der Waals surface area contributed by atoms with Gasteiger partial charge in [0.1, 0.15) is 39.3 Å². The topological polar surface area (TPSA) is 177 Å². The van der Waals surface area contributed by atoms with Crippen molar-refractivity contribution in [3.63, 3.8) is 0 Å². The molecule has 0 aromatic heterocycles. The first-order chi connectivity index (χ1) is 21.6. The van der Waals surface area contributed by atoms with E-state index < -0.39 is 79.0 Å². The third kappa shape index (κ3) is 8.50. The Hall–Kier alpha value is -2.49. The molecule has 4 rings (SSSR count). The van der Waals surface area contributed by atoms with E-state index in [0.29, 0.717) is 19.3 Å². The van der Waals surface area contributed by atoms with Crippen molar-refractivity contribution in [2.75, 3.05) is 6.54 Å². The second-order valence-corrected chi connectivity index (χ2v) is 16.9. The zero-order valence-corrected chi connectivity index (χ0v) is 29.0. The zero-order valence-electron chi connectivity index (χ0n) is 25.8. The Kier molecular flexibility index (Phi) is 11.6. The molecule has 0 spiro atoms. The molecule has 0 radical (unpaired) electrons. The van der Waals surface area contributed by atoms with Crippen LogP contribution in [-0.2, 0) is 38.7 Å². The Morgan fingerprint density at radius 1 is 1.26 bits per heavy atom. The number of carbonyl (C=O) groups is 5. The van der Waals surface area contributed by atoms with Gasteiger partial charge < -0.3 is 25.0 Å². The van der Waals surface area contributed by atoms with E-state index in [0.717, 1.165) is 24.6 Å². The standard InChI is InChI=1S/C29H40Cl2N4O9S2/c1-4-28(2,3)44-27(40)32-19-11-9-7-5-6-8-10-17-14-29(17,26(39)34-46(41,42)21-13-22(30)45-23(21)31)33-24(37)20-12-18(43-16-36)15-35(20)25(19)38/h8,10,13,16-21,23H,4-7,9,11-12,14-15H2,1-3H3,(H,32,40)(H,33,37)(H,34,39)/b10-8-/t17-,18-,19+,20+,21?,23?,29-/m1/s1. The maximum Gasteiger partial charge on any atom is 0.408 e. The highest BCUT2D eigenvalue weighted by atomic mass is 35.5. The first-order valence-corrected chi connectivity index (χ1v) is 18.5. The molecule has 4 aliphatic rings. The SMILES string of the molecule is CCC(C)(C)OC(=O)N[C@H]1CCCCC/C=C\[C@@H]2C[C@@]2(C(=O)NS(=O)(=O)C2C=C(Cl)SC2Cl)NC(=O)[C@@H]2C[C@@H](OC=O)CN2C1=O. The Balaban J connectivity index is 1.60. The molecule has 1 aliphatic carbocycles. The average molecular weight is 724 g/mol. The van der Waals surface area contributed by atoms with Gasteiger partial charge in [0.2, 0.25) is 21.8 Å². The number of hydrogen-bond acceptors (Lipinski definition) is 10. The number of rotatable bonds is 8. The highest BCUT2D eigenvalue weighted by molar-refractivity contribution is 8.07. The second kappa shape index (κ2) is 14.7. The van der Waals surface area contributed by atoms with Crippen molar-refractivity contribution in [1.82, 2.24) is 20.3 Å². The van der Waals surface area contributed by atoms with E-state index in [4.69, 9.17) is 32.7 Å². The van der Waals surface area contributed by atoms with E-state index in [2.05, 4.69) is 15.4 Å². The summed E-state index contributed by atoms with van der Waals surface area (Å²) < 4.78 is 38.2. The van der Waals surface area contributed by atoms with Gasteiger partial charge in [-0.2, -0.15) is 0 Å². The molecular formula is C29H40Cl2N4O9S2. The fourth-order valence-electron chi connectivity index (χ4n) is 5.69. The Morgan fingerprint density at radius 3 is 2.65 bits per heavy atom. The number of hydrogen-bond donors (Lipinski definition) is 3. The number of halogens is 2. The predicted octanol–water partition coefficient (Wildman–Crippen LogP) is 3.01. The quantitative estimate of drug-likeness (QED) is 0.192. The van der Waals surface area contributed by atoms with Crippen molar-refractivity contribution in [3.05, 3.63) is 22.6 Å². The number of nitrogens with zero attached hydrogens (tertiary/aromatic N) is 1. The molecule has 3 aliphatic heterocycles. The van der Waals surface area contributed by atoms with Crippen LogP contribution >= 0.6 is 35.0 Å². The van der Waals surface area contributed by atoms with Crippen LogP contribution in [0.5, 0.6) is 0 Å². The summed E-state index contributed by atoms with van der Waals surface area (Å²) >= 11 is 13.1. The van der Waals surface area contributed by atoms with Crippen LogP contribution in [0.15, 0.2) is 22.6 Å². The molecular weight excluding hydrogens is 683 g/mol. The molecule has 3 N–H and O–H groups in total. The maximum absolute atomic E-state index is 14.0. The molecule has 46 heavy (non-hydrogen) atoms. The average Bonchev–Trinajstić information content (AvgIpc) is 3.30. The Bertz CT molecular complexity index is 1390. The minimum absolute atomic E-state index is 0.0661.